The predicted molar refractivity (Wildman–Crippen MR) is 146 cm³/mol. The van der Waals surface area contributed by atoms with Crippen LogP contribution in [0, 0.1) is 11.8 Å². The predicted octanol–water partition coefficient (Wildman–Crippen LogP) is 5.92. The van der Waals surface area contributed by atoms with E-state index in [1.54, 1.807) is 42.7 Å². The van der Waals surface area contributed by atoms with E-state index in [2.05, 4.69) is 10.6 Å². The zero-order valence-electron chi connectivity index (χ0n) is 22.5. The summed E-state index contributed by atoms with van der Waals surface area (Å²) in [5.74, 6) is -0.379. The van der Waals surface area contributed by atoms with Gasteiger partial charge in [-0.2, -0.15) is 0 Å². The number of aryl methyl sites for hydroxylation is 1. The largest absolute Gasteiger partial charge is 0.478 e. The van der Waals surface area contributed by atoms with E-state index in [9.17, 15) is 19.5 Å². The zero-order valence-corrected chi connectivity index (χ0v) is 22.5. The molecule has 0 spiro atoms. The van der Waals surface area contributed by atoms with Crippen LogP contribution in [0.5, 0.6) is 0 Å². The molecule has 1 aromatic carbocycles. The minimum absolute atomic E-state index is 0.0825. The molecule has 1 aliphatic carbocycles. The van der Waals surface area contributed by atoms with Gasteiger partial charge >= 0.3 is 5.97 Å². The van der Waals surface area contributed by atoms with E-state index in [1.165, 1.54) is 19.3 Å². The molecule has 2 aliphatic rings. The summed E-state index contributed by atoms with van der Waals surface area (Å²) in [4.78, 5) is 43.5. The van der Waals surface area contributed by atoms with E-state index in [-0.39, 0.29) is 35.9 Å². The highest BCUT2D eigenvalue weighted by molar-refractivity contribution is 6.10. The van der Waals surface area contributed by atoms with Gasteiger partial charge in [0, 0.05) is 11.1 Å². The first-order chi connectivity index (χ1) is 18.8. The first-order valence-electron chi connectivity index (χ1n) is 13.9. The van der Waals surface area contributed by atoms with Crippen molar-refractivity contribution in [1.82, 2.24) is 15.6 Å². The Morgan fingerprint density at radius 3 is 2.49 bits per heavy atom. The average molecular weight is 530 g/mol. The van der Waals surface area contributed by atoms with E-state index < -0.39 is 5.97 Å². The van der Waals surface area contributed by atoms with Crippen molar-refractivity contribution in [2.24, 2.45) is 11.8 Å². The lowest BCUT2D eigenvalue weighted by molar-refractivity contribution is 0.0695. The lowest BCUT2D eigenvalue weighted by Crippen LogP contribution is -2.23. The summed E-state index contributed by atoms with van der Waals surface area (Å²) in [7, 11) is 0. The van der Waals surface area contributed by atoms with E-state index >= 15 is 0 Å². The number of carboxylic acid groups (broad SMARTS) is 1. The summed E-state index contributed by atoms with van der Waals surface area (Å²) in [5.41, 5.74) is 2.94. The zero-order chi connectivity index (χ0) is 27.5. The summed E-state index contributed by atoms with van der Waals surface area (Å²) in [6.45, 7) is 4.30. The number of fused-ring (bicyclic) bond motifs is 1. The Labute approximate surface area is 228 Å². The summed E-state index contributed by atoms with van der Waals surface area (Å²) in [5, 5.41) is 16.2. The molecular weight excluding hydrogens is 494 g/mol. The summed E-state index contributed by atoms with van der Waals surface area (Å²) in [6, 6.07) is 9.98. The SMILES string of the molecule is CC(C)C1NC(=O)c2c1nc(CCC1CCCCC1)c(C(=O)O)c2-c1ccc(C(=O)NCc2ccco2)cc1. The van der Waals surface area contributed by atoms with Gasteiger partial charge in [0.15, 0.2) is 0 Å². The average Bonchev–Trinajstić information content (AvgIpc) is 3.58. The number of aromatic carboxylic acids is 1. The first-order valence-corrected chi connectivity index (χ1v) is 13.9. The van der Waals surface area contributed by atoms with Gasteiger partial charge < -0.3 is 20.2 Å². The van der Waals surface area contributed by atoms with Crippen LogP contribution in [0.4, 0.5) is 0 Å². The van der Waals surface area contributed by atoms with Crippen LogP contribution in [0.2, 0.25) is 0 Å². The minimum atomic E-state index is -1.10. The van der Waals surface area contributed by atoms with Crippen LogP contribution in [-0.2, 0) is 13.0 Å². The summed E-state index contributed by atoms with van der Waals surface area (Å²) < 4.78 is 5.27. The Hall–Kier alpha value is -3.94. The minimum Gasteiger partial charge on any atom is -0.478 e. The number of hydrogen-bond acceptors (Lipinski definition) is 5. The molecule has 8 nitrogen and oxygen atoms in total. The number of hydrogen-bond donors (Lipinski definition) is 3. The van der Waals surface area contributed by atoms with Crippen molar-refractivity contribution < 1.29 is 23.9 Å². The molecule has 2 aromatic heterocycles. The molecule has 0 radical (unpaired) electrons. The summed E-state index contributed by atoms with van der Waals surface area (Å²) >= 11 is 0. The fourth-order valence-corrected chi connectivity index (χ4v) is 5.86. The van der Waals surface area contributed by atoms with Crippen molar-refractivity contribution >= 4 is 17.8 Å². The maximum absolute atomic E-state index is 13.2. The Kier molecular flexibility index (Phi) is 7.82. The van der Waals surface area contributed by atoms with Gasteiger partial charge in [-0.05, 0) is 54.5 Å². The third kappa shape index (κ3) is 5.60. The molecule has 1 unspecified atom stereocenters. The van der Waals surface area contributed by atoms with Gasteiger partial charge in [0.25, 0.3) is 11.8 Å². The Morgan fingerprint density at radius 2 is 1.85 bits per heavy atom. The highest BCUT2D eigenvalue weighted by atomic mass is 16.4. The van der Waals surface area contributed by atoms with Gasteiger partial charge in [0.05, 0.1) is 41.4 Å². The summed E-state index contributed by atoms with van der Waals surface area (Å²) in [6.07, 6.45) is 9.01. The molecule has 3 N–H and O–H groups in total. The third-order valence-corrected chi connectivity index (χ3v) is 7.94. The molecule has 1 aliphatic heterocycles. The van der Waals surface area contributed by atoms with Gasteiger partial charge in [-0.15, -0.1) is 0 Å². The van der Waals surface area contributed by atoms with E-state index in [0.717, 1.165) is 19.3 Å². The topological polar surface area (TPSA) is 122 Å². The Balaban J connectivity index is 1.52. The Morgan fingerprint density at radius 1 is 1.10 bits per heavy atom. The van der Waals surface area contributed by atoms with Gasteiger partial charge in [0.2, 0.25) is 0 Å². The van der Waals surface area contributed by atoms with Gasteiger partial charge in [-0.3, -0.25) is 14.6 Å². The van der Waals surface area contributed by atoms with Crippen molar-refractivity contribution in [3.05, 3.63) is 76.5 Å². The van der Waals surface area contributed by atoms with Gasteiger partial charge in [-0.1, -0.05) is 58.1 Å². The lowest BCUT2D eigenvalue weighted by Gasteiger charge is -2.23. The van der Waals surface area contributed by atoms with Crippen molar-refractivity contribution in [2.75, 3.05) is 0 Å². The highest BCUT2D eigenvalue weighted by Crippen LogP contribution is 2.40. The molecule has 204 valence electrons. The number of nitrogens with zero attached hydrogens (tertiary/aromatic N) is 1. The number of furan rings is 1. The smallest absolute Gasteiger partial charge is 0.338 e. The second-order valence-corrected chi connectivity index (χ2v) is 11.0. The molecule has 5 rings (SSSR count). The van der Waals surface area contributed by atoms with Crippen LogP contribution >= 0.6 is 0 Å². The monoisotopic (exact) mass is 529 g/mol. The maximum atomic E-state index is 13.2. The fourth-order valence-electron chi connectivity index (χ4n) is 5.86. The molecule has 8 heteroatoms. The molecule has 0 saturated heterocycles. The van der Waals surface area contributed by atoms with Crippen molar-refractivity contribution in [3.63, 3.8) is 0 Å². The maximum Gasteiger partial charge on any atom is 0.338 e. The second-order valence-electron chi connectivity index (χ2n) is 11.0. The highest BCUT2D eigenvalue weighted by Gasteiger charge is 2.38. The fraction of sp³-hybridized carbons (Fsp3) is 0.419. The number of benzene rings is 1. The normalized spacial score (nSPS) is 17.2. The molecule has 3 heterocycles. The van der Waals surface area contributed by atoms with Crippen LogP contribution < -0.4 is 10.6 Å². The number of pyridine rings is 1. The number of amides is 2. The number of nitrogens with one attached hydrogen (secondary N) is 2. The van der Waals surface area contributed by atoms with Crippen LogP contribution in [0.1, 0.15) is 107 Å². The number of carbonyl (C=O) groups excluding carboxylic acids is 2. The molecule has 1 saturated carbocycles. The quantitative estimate of drug-likeness (QED) is 0.316. The van der Waals surface area contributed by atoms with Crippen molar-refractivity contribution in [1.29, 1.82) is 0 Å². The number of carboxylic acids is 1. The van der Waals surface area contributed by atoms with Gasteiger partial charge in [-0.25, -0.2) is 4.79 Å². The Bertz CT molecular complexity index is 1360. The van der Waals surface area contributed by atoms with Crippen LogP contribution in [0.3, 0.4) is 0 Å². The lowest BCUT2D eigenvalue weighted by atomic mass is 9.84. The van der Waals surface area contributed by atoms with E-state index in [1.807, 2.05) is 13.8 Å². The third-order valence-electron chi connectivity index (χ3n) is 7.94. The van der Waals surface area contributed by atoms with Crippen molar-refractivity contribution in [2.45, 2.75) is 71.4 Å². The van der Waals surface area contributed by atoms with E-state index in [4.69, 9.17) is 9.40 Å². The molecule has 1 atom stereocenters. The second kappa shape index (κ2) is 11.4. The number of rotatable bonds is 9. The number of aromatic nitrogens is 1. The molecule has 0 bridgehead atoms. The van der Waals surface area contributed by atoms with Crippen LogP contribution in [0.25, 0.3) is 11.1 Å². The van der Waals surface area contributed by atoms with Gasteiger partial charge in [0.1, 0.15) is 5.76 Å². The number of carbonyl (C=O) groups is 3. The molecule has 2 amide bonds. The van der Waals surface area contributed by atoms with Crippen molar-refractivity contribution in [3.8, 4) is 11.1 Å². The standard InChI is InChI=1S/C31H35N3O5/c1-18(2)27-28-26(30(36)34-27)24(25(31(37)38)23(33-28)15-10-19-7-4-3-5-8-19)20-11-13-21(14-12-20)29(35)32-17-22-9-6-16-39-22/h6,9,11-14,16,18-19,27H,3-5,7-8,10,15,17H2,1-2H3,(H,32,35)(H,34,36)(H,37,38). The van der Waals surface area contributed by atoms with E-state index in [0.29, 0.717) is 51.7 Å². The molecule has 39 heavy (non-hydrogen) atoms. The molecule has 3 aromatic rings. The first kappa shape index (κ1) is 26.7. The van der Waals surface area contributed by atoms with Crippen LogP contribution in [0.15, 0.2) is 47.1 Å². The molecular formula is C31H35N3O5. The molecule has 1 fully saturated rings. The van der Waals surface area contributed by atoms with Crippen LogP contribution in [-0.4, -0.2) is 27.9 Å².